The van der Waals surface area contributed by atoms with E-state index in [4.69, 9.17) is 14.7 Å². The monoisotopic (exact) mass is 345 g/mol. The number of likely N-dealkylation sites (tertiary alicyclic amines) is 1. The number of benzene rings is 1. The minimum Gasteiger partial charge on any atom is -0.494 e. The first-order valence-electron chi connectivity index (χ1n) is 8.42. The van der Waals surface area contributed by atoms with E-state index in [1.165, 1.54) is 0 Å². The highest BCUT2D eigenvalue weighted by Gasteiger charge is 2.23. The van der Waals surface area contributed by atoms with Gasteiger partial charge in [0.25, 0.3) is 5.91 Å². The fourth-order valence-corrected chi connectivity index (χ4v) is 2.66. The van der Waals surface area contributed by atoms with Crippen molar-refractivity contribution in [2.75, 3.05) is 26.3 Å². The number of amides is 2. The number of carbonyl (C=O) groups is 2. The Morgan fingerprint density at radius 2 is 1.80 bits per heavy atom. The first kappa shape index (κ1) is 18.6. The van der Waals surface area contributed by atoms with Gasteiger partial charge in [-0.3, -0.25) is 9.59 Å². The average molecular weight is 345 g/mol. The van der Waals surface area contributed by atoms with Crippen LogP contribution < -0.4 is 14.8 Å². The summed E-state index contributed by atoms with van der Waals surface area (Å²) in [5, 5.41) is 11.3. The minimum absolute atomic E-state index is 0.0144. The molecule has 0 atom stereocenters. The van der Waals surface area contributed by atoms with E-state index in [0.29, 0.717) is 38.3 Å². The van der Waals surface area contributed by atoms with Crippen LogP contribution in [0.4, 0.5) is 0 Å². The Morgan fingerprint density at radius 1 is 1.20 bits per heavy atom. The normalized spacial score (nSPS) is 14.5. The fraction of sp³-hybridized carbons (Fsp3) is 0.500. The Labute approximate surface area is 147 Å². The molecular weight excluding hydrogens is 322 g/mol. The Bertz CT molecular complexity index is 616. The average Bonchev–Trinajstić information content (AvgIpc) is 2.62. The summed E-state index contributed by atoms with van der Waals surface area (Å²) in [4.78, 5) is 25.4. The van der Waals surface area contributed by atoms with Gasteiger partial charge in [-0.05, 0) is 44.0 Å². The van der Waals surface area contributed by atoms with Crippen LogP contribution in [0.15, 0.2) is 24.3 Å². The second-order valence-corrected chi connectivity index (χ2v) is 5.75. The molecule has 1 aliphatic heterocycles. The van der Waals surface area contributed by atoms with Crippen molar-refractivity contribution in [1.82, 2.24) is 10.2 Å². The minimum atomic E-state index is -0.258. The molecule has 2 rings (SSSR count). The molecule has 0 bridgehead atoms. The molecule has 0 aliphatic carbocycles. The van der Waals surface area contributed by atoms with Crippen LogP contribution in [-0.4, -0.2) is 49.1 Å². The predicted octanol–water partition coefficient (Wildman–Crippen LogP) is 1.48. The molecule has 0 spiro atoms. The Hall–Kier alpha value is -2.75. The van der Waals surface area contributed by atoms with Crippen LogP contribution in [0.5, 0.6) is 11.5 Å². The first-order valence-corrected chi connectivity index (χ1v) is 8.42. The van der Waals surface area contributed by atoms with Crippen LogP contribution >= 0.6 is 0 Å². The molecule has 7 heteroatoms. The maximum Gasteiger partial charge on any atom is 0.260 e. The van der Waals surface area contributed by atoms with Crippen molar-refractivity contribution in [3.63, 3.8) is 0 Å². The van der Waals surface area contributed by atoms with E-state index in [-0.39, 0.29) is 30.9 Å². The van der Waals surface area contributed by atoms with Gasteiger partial charge in [-0.25, -0.2) is 0 Å². The molecule has 1 N–H and O–H groups in total. The number of hydrogen-bond acceptors (Lipinski definition) is 5. The predicted molar refractivity (Wildman–Crippen MR) is 91.1 cm³/mol. The molecular formula is C18H23N3O4. The highest BCUT2D eigenvalue weighted by atomic mass is 16.5. The largest absolute Gasteiger partial charge is 0.494 e. The quantitative estimate of drug-likeness (QED) is 0.808. The molecule has 2 amide bonds. The van der Waals surface area contributed by atoms with E-state index >= 15 is 0 Å². The fourth-order valence-electron chi connectivity index (χ4n) is 2.66. The summed E-state index contributed by atoms with van der Waals surface area (Å²) in [5.74, 6) is 1.05. The topological polar surface area (TPSA) is 91.7 Å². The van der Waals surface area contributed by atoms with Crippen LogP contribution in [0.25, 0.3) is 0 Å². The van der Waals surface area contributed by atoms with E-state index in [2.05, 4.69) is 5.32 Å². The third-order valence-electron chi connectivity index (χ3n) is 3.95. The molecule has 1 aromatic rings. The summed E-state index contributed by atoms with van der Waals surface area (Å²) in [7, 11) is 0. The smallest absolute Gasteiger partial charge is 0.260 e. The van der Waals surface area contributed by atoms with E-state index in [0.717, 1.165) is 5.75 Å². The molecule has 1 fully saturated rings. The Morgan fingerprint density at radius 3 is 2.36 bits per heavy atom. The molecule has 25 heavy (non-hydrogen) atoms. The van der Waals surface area contributed by atoms with Gasteiger partial charge in [0.2, 0.25) is 5.91 Å². The van der Waals surface area contributed by atoms with Crippen LogP contribution in [0.1, 0.15) is 26.2 Å². The number of hydrogen-bond donors (Lipinski definition) is 1. The van der Waals surface area contributed by atoms with Gasteiger partial charge in [0.15, 0.2) is 6.61 Å². The standard InChI is InChI=1S/C18H23N3O4/c1-2-24-15-3-5-16(6-4-15)25-13-18(23)21-11-8-14(9-12-21)20-17(22)7-10-19/h3-6,14H,2,7-9,11-13H2,1H3,(H,20,22). The van der Waals surface area contributed by atoms with Gasteiger partial charge >= 0.3 is 0 Å². The molecule has 1 heterocycles. The van der Waals surface area contributed by atoms with Gasteiger partial charge in [0.1, 0.15) is 17.9 Å². The van der Waals surface area contributed by atoms with Gasteiger partial charge in [-0.1, -0.05) is 0 Å². The Balaban J connectivity index is 1.71. The zero-order valence-electron chi connectivity index (χ0n) is 14.4. The zero-order valence-corrected chi connectivity index (χ0v) is 14.4. The van der Waals surface area contributed by atoms with Crippen LogP contribution in [-0.2, 0) is 9.59 Å². The van der Waals surface area contributed by atoms with Crippen LogP contribution in [0.3, 0.4) is 0 Å². The highest BCUT2D eigenvalue weighted by Crippen LogP contribution is 2.18. The van der Waals surface area contributed by atoms with E-state index in [1.54, 1.807) is 29.2 Å². The summed E-state index contributed by atoms with van der Waals surface area (Å²) in [6.07, 6.45) is 1.24. The highest BCUT2D eigenvalue weighted by molar-refractivity contribution is 5.79. The maximum absolute atomic E-state index is 12.2. The molecule has 0 unspecified atom stereocenters. The zero-order chi connectivity index (χ0) is 18.1. The summed E-state index contributed by atoms with van der Waals surface area (Å²) in [6.45, 7) is 3.65. The summed E-state index contributed by atoms with van der Waals surface area (Å²) in [5.41, 5.74) is 0. The summed E-state index contributed by atoms with van der Waals surface area (Å²) < 4.78 is 10.9. The van der Waals surface area contributed by atoms with Crippen molar-refractivity contribution in [1.29, 1.82) is 5.26 Å². The molecule has 134 valence electrons. The molecule has 1 saturated heterocycles. The van der Waals surface area contributed by atoms with Crippen molar-refractivity contribution in [3.05, 3.63) is 24.3 Å². The third kappa shape index (κ3) is 5.99. The van der Waals surface area contributed by atoms with Crippen molar-refractivity contribution in [3.8, 4) is 17.6 Å². The van der Waals surface area contributed by atoms with E-state index < -0.39 is 0 Å². The lowest BCUT2D eigenvalue weighted by atomic mass is 10.0. The summed E-state index contributed by atoms with van der Waals surface area (Å²) >= 11 is 0. The third-order valence-corrected chi connectivity index (χ3v) is 3.95. The number of ether oxygens (including phenoxy) is 2. The maximum atomic E-state index is 12.2. The lowest BCUT2D eigenvalue weighted by molar-refractivity contribution is -0.134. The van der Waals surface area contributed by atoms with Gasteiger partial charge in [0, 0.05) is 19.1 Å². The second-order valence-electron chi connectivity index (χ2n) is 5.75. The Kier molecular flexibility index (Phi) is 7.08. The number of nitrogens with one attached hydrogen (secondary N) is 1. The molecule has 0 radical (unpaired) electrons. The second kappa shape index (κ2) is 9.52. The molecule has 1 aliphatic rings. The molecule has 7 nitrogen and oxygen atoms in total. The number of nitriles is 1. The lowest BCUT2D eigenvalue weighted by Crippen LogP contribution is -2.47. The molecule has 0 saturated carbocycles. The van der Waals surface area contributed by atoms with Gasteiger partial charge in [-0.2, -0.15) is 5.26 Å². The number of piperidine rings is 1. The van der Waals surface area contributed by atoms with Crippen LogP contribution in [0.2, 0.25) is 0 Å². The van der Waals surface area contributed by atoms with Gasteiger partial charge < -0.3 is 19.7 Å². The lowest BCUT2D eigenvalue weighted by Gasteiger charge is -2.32. The summed E-state index contributed by atoms with van der Waals surface area (Å²) in [6, 6.07) is 9.01. The van der Waals surface area contributed by atoms with Crippen molar-refractivity contribution in [2.24, 2.45) is 0 Å². The SMILES string of the molecule is CCOc1ccc(OCC(=O)N2CCC(NC(=O)CC#N)CC2)cc1. The van der Waals surface area contributed by atoms with Gasteiger partial charge in [-0.15, -0.1) is 0 Å². The number of nitrogens with zero attached hydrogens (tertiary/aromatic N) is 2. The molecule has 1 aromatic carbocycles. The van der Waals surface area contributed by atoms with E-state index in [1.807, 2.05) is 13.0 Å². The van der Waals surface area contributed by atoms with Crippen molar-refractivity contribution >= 4 is 11.8 Å². The molecule has 0 aromatic heterocycles. The van der Waals surface area contributed by atoms with Crippen LogP contribution in [0, 0.1) is 11.3 Å². The van der Waals surface area contributed by atoms with Crippen molar-refractivity contribution < 1.29 is 19.1 Å². The van der Waals surface area contributed by atoms with Crippen molar-refractivity contribution in [2.45, 2.75) is 32.2 Å². The number of carbonyl (C=O) groups excluding carboxylic acids is 2. The number of rotatable bonds is 7. The van der Waals surface area contributed by atoms with E-state index in [9.17, 15) is 9.59 Å². The van der Waals surface area contributed by atoms with Gasteiger partial charge in [0.05, 0.1) is 12.7 Å². The first-order chi connectivity index (χ1) is 12.1.